The highest BCUT2D eigenvalue weighted by atomic mass is 32.2. The molecule has 0 fully saturated rings. The third kappa shape index (κ3) is 5.46. The minimum Gasteiger partial charge on any atom is -0.395 e. The molecule has 7 heteroatoms. The smallest absolute Gasteiger partial charge is 0.261 e. The van der Waals surface area contributed by atoms with Crippen LogP contribution in [-0.2, 0) is 16.6 Å². The Bertz CT molecular complexity index is 1100. The van der Waals surface area contributed by atoms with Gasteiger partial charge in [0.05, 0.1) is 11.5 Å². The molecule has 0 radical (unpaired) electrons. The number of benzene rings is 3. The van der Waals surface area contributed by atoms with Crippen LogP contribution < -0.4 is 4.72 Å². The highest BCUT2D eigenvalue weighted by molar-refractivity contribution is 7.92. The van der Waals surface area contributed by atoms with Crippen molar-refractivity contribution in [2.75, 3.05) is 17.9 Å². The van der Waals surface area contributed by atoms with E-state index in [0.29, 0.717) is 12.2 Å². The van der Waals surface area contributed by atoms with Crippen LogP contribution in [0.3, 0.4) is 0 Å². The SMILES string of the molecule is Cc1ccc(NS(=O)(=O)c2cccc(C(=O)N(CCO)Cc3ccccc3)c2)cc1. The molecule has 0 aliphatic heterocycles. The Balaban J connectivity index is 1.83. The van der Waals surface area contributed by atoms with Gasteiger partial charge in [0.1, 0.15) is 0 Å². The van der Waals surface area contributed by atoms with Crippen molar-refractivity contribution >= 4 is 21.6 Å². The molecule has 0 aromatic heterocycles. The number of sulfonamides is 1. The highest BCUT2D eigenvalue weighted by Gasteiger charge is 2.20. The molecule has 0 saturated heterocycles. The van der Waals surface area contributed by atoms with E-state index in [-0.39, 0.29) is 29.5 Å². The first kappa shape index (κ1) is 21.5. The molecule has 3 rings (SSSR count). The van der Waals surface area contributed by atoms with Crippen LogP contribution >= 0.6 is 0 Å². The molecule has 0 saturated carbocycles. The van der Waals surface area contributed by atoms with Crippen molar-refractivity contribution in [1.29, 1.82) is 0 Å². The molecule has 1 amide bonds. The Hall–Kier alpha value is -3.16. The van der Waals surface area contributed by atoms with E-state index in [1.165, 1.54) is 23.1 Å². The Morgan fingerprint density at radius 3 is 2.33 bits per heavy atom. The molecule has 0 atom stereocenters. The predicted molar refractivity (Wildman–Crippen MR) is 117 cm³/mol. The van der Waals surface area contributed by atoms with Crippen LogP contribution in [0.5, 0.6) is 0 Å². The molecule has 0 unspecified atom stereocenters. The number of carbonyl (C=O) groups is 1. The van der Waals surface area contributed by atoms with Gasteiger partial charge in [-0.05, 0) is 42.8 Å². The lowest BCUT2D eigenvalue weighted by Crippen LogP contribution is -2.33. The molecule has 2 N–H and O–H groups in total. The molecule has 30 heavy (non-hydrogen) atoms. The Morgan fingerprint density at radius 1 is 0.967 bits per heavy atom. The second-order valence-electron chi connectivity index (χ2n) is 6.94. The van der Waals surface area contributed by atoms with Crippen molar-refractivity contribution in [1.82, 2.24) is 4.90 Å². The van der Waals surface area contributed by atoms with E-state index in [2.05, 4.69) is 4.72 Å². The van der Waals surface area contributed by atoms with Crippen molar-refractivity contribution in [3.63, 3.8) is 0 Å². The first-order valence-corrected chi connectivity index (χ1v) is 11.0. The first-order chi connectivity index (χ1) is 14.4. The van der Waals surface area contributed by atoms with Gasteiger partial charge in [-0.1, -0.05) is 54.1 Å². The summed E-state index contributed by atoms with van der Waals surface area (Å²) in [5.74, 6) is -0.347. The maximum atomic E-state index is 13.0. The van der Waals surface area contributed by atoms with Crippen LogP contribution in [0.1, 0.15) is 21.5 Å². The summed E-state index contributed by atoms with van der Waals surface area (Å²) in [4.78, 5) is 14.5. The number of aliphatic hydroxyl groups is 1. The maximum Gasteiger partial charge on any atom is 0.261 e. The van der Waals surface area contributed by atoms with E-state index < -0.39 is 10.0 Å². The van der Waals surface area contributed by atoms with Gasteiger partial charge in [-0.3, -0.25) is 9.52 Å². The number of aryl methyl sites for hydroxylation is 1. The van der Waals surface area contributed by atoms with Gasteiger partial charge in [0.15, 0.2) is 0 Å². The fourth-order valence-electron chi connectivity index (χ4n) is 2.99. The van der Waals surface area contributed by atoms with Gasteiger partial charge in [0.25, 0.3) is 15.9 Å². The van der Waals surface area contributed by atoms with Gasteiger partial charge in [-0.25, -0.2) is 8.42 Å². The third-order valence-electron chi connectivity index (χ3n) is 4.57. The van der Waals surface area contributed by atoms with E-state index in [1.54, 1.807) is 18.2 Å². The fraction of sp³-hybridized carbons (Fsp3) is 0.174. The summed E-state index contributed by atoms with van der Waals surface area (Å²) in [7, 11) is -3.85. The number of nitrogens with one attached hydrogen (secondary N) is 1. The van der Waals surface area contributed by atoms with Gasteiger partial charge >= 0.3 is 0 Å². The quantitative estimate of drug-likeness (QED) is 0.580. The molecule has 0 heterocycles. The molecule has 0 spiro atoms. The monoisotopic (exact) mass is 424 g/mol. The standard InChI is InChI=1S/C23H24N2O4S/c1-18-10-12-21(13-11-18)24-30(28,29)22-9-5-8-20(16-22)23(27)25(14-15-26)17-19-6-3-2-4-7-19/h2-13,16,24,26H,14-15,17H2,1H3. The molecule has 0 bridgehead atoms. The molecule has 3 aromatic carbocycles. The number of hydrogen-bond acceptors (Lipinski definition) is 4. The Labute approximate surface area is 176 Å². The zero-order chi connectivity index (χ0) is 21.6. The summed E-state index contributed by atoms with van der Waals surface area (Å²) >= 11 is 0. The van der Waals surface area contributed by atoms with E-state index in [1.807, 2.05) is 49.4 Å². The molecule has 6 nitrogen and oxygen atoms in total. The van der Waals surface area contributed by atoms with Gasteiger partial charge in [0, 0.05) is 24.3 Å². The lowest BCUT2D eigenvalue weighted by Gasteiger charge is -2.22. The van der Waals surface area contributed by atoms with Gasteiger partial charge in [0.2, 0.25) is 0 Å². The van der Waals surface area contributed by atoms with Crippen molar-refractivity contribution < 1.29 is 18.3 Å². The van der Waals surface area contributed by atoms with E-state index in [9.17, 15) is 18.3 Å². The fourth-order valence-corrected chi connectivity index (χ4v) is 4.10. The first-order valence-electron chi connectivity index (χ1n) is 9.52. The van der Waals surface area contributed by atoms with Crippen LogP contribution in [-0.4, -0.2) is 37.5 Å². The maximum absolute atomic E-state index is 13.0. The molecular weight excluding hydrogens is 400 g/mol. The number of hydrogen-bond donors (Lipinski definition) is 2. The predicted octanol–water partition coefficient (Wildman–Crippen LogP) is 3.43. The topological polar surface area (TPSA) is 86.7 Å². The Kier molecular flexibility index (Phi) is 6.87. The summed E-state index contributed by atoms with van der Waals surface area (Å²) in [6.45, 7) is 2.19. The third-order valence-corrected chi connectivity index (χ3v) is 5.95. The number of amides is 1. The second-order valence-corrected chi connectivity index (χ2v) is 8.62. The number of carbonyl (C=O) groups excluding carboxylic acids is 1. The summed E-state index contributed by atoms with van der Waals surface area (Å²) in [6.07, 6.45) is 0. The summed E-state index contributed by atoms with van der Waals surface area (Å²) < 4.78 is 28.1. The lowest BCUT2D eigenvalue weighted by molar-refractivity contribution is 0.0707. The average Bonchev–Trinajstić information content (AvgIpc) is 2.75. The second kappa shape index (κ2) is 9.56. The molecule has 156 valence electrons. The van der Waals surface area contributed by atoms with Crippen molar-refractivity contribution in [3.05, 3.63) is 95.6 Å². The summed E-state index contributed by atoms with van der Waals surface area (Å²) in [6, 6.07) is 22.3. The largest absolute Gasteiger partial charge is 0.395 e. The number of nitrogens with zero attached hydrogens (tertiary/aromatic N) is 1. The summed E-state index contributed by atoms with van der Waals surface area (Å²) in [5.41, 5.74) is 2.63. The normalized spacial score (nSPS) is 11.1. The van der Waals surface area contributed by atoms with Crippen LogP contribution in [0.2, 0.25) is 0 Å². The van der Waals surface area contributed by atoms with Gasteiger partial charge < -0.3 is 10.0 Å². The van der Waals surface area contributed by atoms with Crippen molar-refractivity contribution in [2.45, 2.75) is 18.4 Å². The number of rotatable bonds is 8. The van der Waals surface area contributed by atoms with Crippen LogP contribution in [0.4, 0.5) is 5.69 Å². The van der Waals surface area contributed by atoms with Gasteiger partial charge in [-0.15, -0.1) is 0 Å². The van der Waals surface area contributed by atoms with Crippen LogP contribution in [0, 0.1) is 6.92 Å². The van der Waals surface area contributed by atoms with E-state index in [0.717, 1.165) is 11.1 Å². The Morgan fingerprint density at radius 2 is 1.67 bits per heavy atom. The molecule has 0 aliphatic carbocycles. The minimum absolute atomic E-state index is 0.00224. The average molecular weight is 425 g/mol. The number of anilines is 1. The van der Waals surface area contributed by atoms with Gasteiger partial charge in [-0.2, -0.15) is 0 Å². The van der Waals surface area contributed by atoms with Crippen molar-refractivity contribution in [3.8, 4) is 0 Å². The lowest BCUT2D eigenvalue weighted by atomic mass is 10.1. The zero-order valence-electron chi connectivity index (χ0n) is 16.7. The number of aliphatic hydroxyl groups excluding tert-OH is 1. The minimum atomic E-state index is -3.85. The highest BCUT2D eigenvalue weighted by Crippen LogP contribution is 2.19. The van der Waals surface area contributed by atoms with E-state index >= 15 is 0 Å². The summed E-state index contributed by atoms with van der Waals surface area (Å²) in [5, 5.41) is 9.38. The molecule has 3 aromatic rings. The van der Waals surface area contributed by atoms with Crippen LogP contribution in [0.25, 0.3) is 0 Å². The zero-order valence-corrected chi connectivity index (χ0v) is 17.5. The van der Waals surface area contributed by atoms with Crippen LogP contribution in [0.15, 0.2) is 83.8 Å². The van der Waals surface area contributed by atoms with E-state index in [4.69, 9.17) is 0 Å². The molecule has 0 aliphatic rings. The molecular formula is C23H24N2O4S. The van der Waals surface area contributed by atoms with Crippen molar-refractivity contribution in [2.24, 2.45) is 0 Å².